The molecule has 0 fully saturated rings. The first-order valence-corrected chi connectivity index (χ1v) is 31.0. The third-order valence-electron chi connectivity index (χ3n) is 14.6. The second-order valence-electron chi connectivity index (χ2n) is 21.4. The minimum absolute atomic E-state index is 0.0107. The predicted molar refractivity (Wildman–Crippen MR) is 297 cm³/mol. The number of allylic oxidation sites excluding steroid dienone is 1. The van der Waals surface area contributed by atoms with E-state index in [0.29, 0.717) is 19.4 Å². The Morgan fingerprint density at radius 2 is 0.676 bits per heavy atom. The van der Waals surface area contributed by atoms with E-state index >= 15 is 0 Å². The number of aliphatic hydroxyl groups is 2. The molecule has 0 aromatic heterocycles. The molecule has 404 valence electrons. The van der Waals surface area contributed by atoms with Gasteiger partial charge in [-0.05, 0) is 32.1 Å². The molecule has 6 nitrogen and oxygen atoms in total. The average Bonchev–Trinajstić information content (AvgIpc) is 3.34. The van der Waals surface area contributed by atoms with E-state index in [2.05, 4.69) is 19.2 Å². The highest BCUT2D eigenvalue weighted by atomic mass is 16.5. The third kappa shape index (κ3) is 53.9. The van der Waals surface area contributed by atoms with Gasteiger partial charge in [0.05, 0.1) is 25.4 Å². The average molecular weight is 961 g/mol. The Bertz CT molecular complexity index is 1020. The van der Waals surface area contributed by atoms with Crippen molar-refractivity contribution in [3.05, 3.63) is 12.2 Å². The van der Waals surface area contributed by atoms with E-state index in [0.717, 1.165) is 57.8 Å². The number of aliphatic hydroxyl groups excluding tert-OH is 2. The van der Waals surface area contributed by atoms with Gasteiger partial charge in [0.25, 0.3) is 0 Å². The zero-order chi connectivity index (χ0) is 49.3. The minimum Gasteiger partial charge on any atom is -0.466 e. The Morgan fingerprint density at radius 1 is 0.397 bits per heavy atom. The molecule has 0 bridgehead atoms. The lowest BCUT2D eigenvalue weighted by molar-refractivity contribution is -0.143. The lowest BCUT2D eigenvalue weighted by atomic mass is 10.0. The molecule has 3 N–H and O–H groups in total. The number of carbonyl (C=O) groups is 2. The van der Waals surface area contributed by atoms with Crippen molar-refractivity contribution >= 4 is 11.9 Å². The van der Waals surface area contributed by atoms with Crippen molar-refractivity contribution in [1.29, 1.82) is 0 Å². The summed E-state index contributed by atoms with van der Waals surface area (Å²) in [5.41, 5.74) is 0. The maximum Gasteiger partial charge on any atom is 0.305 e. The summed E-state index contributed by atoms with van der Waals surface area (Å²) in [5, 5.41) is 23.2. The molecule has 2 unspecified atom stereocenters. The second kappa shape index (κ2) is 58.2. The number of unbranched alkanes of at least 4 members (excludes halogenated alkanes) is 47. The molecule has 0 saturated carbocycles. The Hall–Kier alpha value is -1.40. The molecule has 0 aliphatic heterocycles. The minimum atomic E-state index is -0.857. The molecule has 0 aromatic carbocycles. The number of rotatable bonds is 58. The molecule has 0 heterocycles. The smallest absolute Gasteiger partial charge is 0.305 e. The molecule has 2 atom stereocenters. The Morgan fingerprint density at radius 3 is 1.00 bits per heavy atom. The molecule has 0 saturated heterocycles. The molecule has 0 aliphatic rings. The van der Waals surface area contributed by atoms with Crippen molar-refractivity contribution in [3.8, 4) is 0 Å². The van der Waals surface area contributed by atoms with Crippen LogP contribution in [0, 0.1) is 0 Å². The molecule has 0 rings (SSSR count). The first kappa shape index (κ1) is 66.6. The molecule has 6 heteroatoms. The van der Waals surface area contributed by atoms with Crippen molar-refractivity contribution in [2.24, 2.45) is 0 Å². The van der Waals surface area contributed by atoms with E-state index < -0.39 is 12.1 Å². The Balaban J connectivity index is 3.47. The highest BCUT2D eigenvalue weighted by molar-refractivity contribution is 5.76. The standard InChI is InChI=1S/C62H121NO5/c1-3-5-7-9-11-13-15-17-19-21-22-23-24-25-26-27-28-29-31-34-38-42-46-50-54-60(65)59(58-64)63-61(66)55-51-47-43-39-35-33-37-41-45-49-53-57-68-62(67)56-52-48-44-40-36-32-30-20-18-16-14-12-10-8-6-4-2/h50,54,59-60,64-65H,3-49,51-53,55-58H2,1-2H3,(H,63,66)/b54-50+. The van der Waals surface area contributed by atoms with Crippen LogP contribution in [-0.4, -0.2) is 47.4 Å². The summed E-state index contributed by atoms with van der Waals surface area (Å²) < 4.78 is 5.48. The van der Waals surface area contributed by atoms with Crippen LogP contribution in [0.3, 0.4) is 0 Å². The summed E-state index contributed by atoms with van der Waals surface area (Å²) in [6.07, 6.45) is 69.6. The van der Waals surface area contributed by atoms with E-state index in [9.17, 15) is 19.8 Å². The number of nitrogens with one attached hydrogen (secondary N) is 1. The van der Waals surface area contributed by atoms with Crippen LogP contribution in [0.4, 0.5) is 0 Å². The van der Waals surface area contributed by atoms with Crippen LogP contribution in [0.25, 0.3) is 0 Å². The van der Waals surface area contributed by atoms with Crippen LogP contribution in [0.2, 0.25) is 0 Å². The van der Waals surface area contributed by atoms with Crippen LogP contribution < -0.4 is 5.32 Å². The summed E-state index contributed by atoms with van der Waals surface area (Å²) in [4.78, 5) is 24.6. The van der Waals surface area contributed by atoms with Crippen LogP contribution >= 0.6 is 0 Å². The van der Waals surface area contributed by atoms with E-state index in [1.165, 1.54) is 263 Å². The summed E-state index contributed by atoms with van der Waals surface area (Å²) in [7, 11) is 0. The zero-order valence-electron chi connectivity index (χ0n) is 46.1. The Kier molecular flexibility index (Phi) is 57.0. The summed E-state index contributed by atoms with van der Waals surface area (Å²) >= 11 is 0. The van der Waals surface area contributed by atoms with Crippen LogP contribution in [0.1, 0.15) is 348 Å². The zero-order valence-corrected chi connectivity index (χ0v) is 46.1. The third-order valence-corrected chi connectivity index (χ3v) is 14.6. The highest BCUT2D eigenvalue weighted by Crippen LogP contribution is 2.18. The lowest BCUT2D eigenvalue weighted by Gasteiger charge is -2.20. The van der Waals surface area contributed by atoms with Crippen molar-refractivity contribution in [2.75, 3.05) is 13.2 Å². The van der Waals surface area contributed by atoms with Gasteiger partial charge >= 0.3 is 5.97 Å². The van der Waals surface area contributed by atoms with Gasteiger partial charge in [0.2, 0.25) is 5.91 Å². The molecule has 0 aliphatic carbocycles. The fraction of sp³-hybridized carbons (Fsp3) is 0.935. The number of amides is 1. The number of hydrogen-bond acceptors (Lipinski definition) is 5. The van der Waals surface area contributed by atoms with Crippen LogP contribution in [0.5, 0.6) is 0 Å². The Labute approximate surface area is 425 Å². The van der Waals surface area contributed by atoms with Gasteiger partial charge in [-0.2, -0.15) is 0 Å². The molecule has 1 amide bonds. The summed E-state index contributed by atoms with van der Waals surface area (Å²) in [5.74, 6) is -0.0929. The number of hydrogen-bond donors (Lipinski definition) is 3. The van der Waals surface area contributed by atoms with Crippen LogP contribution in [0.15, 0.2) is 12.2 Å². The van der Waals surface area contributed by atoms with Gasteiger partial charge in [-0.3, -0.25) is 9.59 Å². The SMILES string of the molecule is CCCCCCCCCCCCCCCCCCCCCCCC/C=C/C(O)C(CO)NC(=O)CCCCCCCCCCCCCOC(=O)CCCCCCCCCCCCCCCCCC. The van der Waals surface area contributed by atoms with Gasteiger partial charge in [0.15, 0.2) is 0 Å². The molecule has 68 heavy (non-hydrogen) atoms. The second-order valence-corrected chi connectivity index (χ2v) is 21.4. The highest BCUT2D eigenvalue weighted by Gasteiger charge is 2.18. The van der Waals surface area contributed by atoms with Crippen molar-refractivity contribution < 1.29 is 24.5 Å². The first-order valence-electron chi connectivity index (χ1n) is 31.0. The van der Waals surface area contributed by atoms with Crippen molar-refractivity contribution in [1.82, 2.24) is 5.32 Å². The molecule has 0 spiro atoms. The van der Waals surface area contributed by atoms with Gasteiger partial charge in [-0.15, -0.1) is 0 Å². The molecular formula is C62H121NO5. The van der Waals surface area contributed by atoms with E-state index in [-0.39, 0.29) is 18.5 Å². The monoisotopic (exact) mass is 960 g/mol. The van der Waals surface area contributed by atoms with Gasteiger partial charge in [0, 0.05) is 12.8 Å². The van der Waals surface area contributed by atoms with Gasteiger partial charge in [0.1, 0.15) is 0 Å². The van der Waals surface area contributed by atoms with Gasteiger partial charge in [-0.25, -0.2) is 0 Å². The molecule has 0 aromatic rings. The topological polar surface area (TPSA) is 95.9 Å². The van der Waals surface area contributed by atoms with E-state index in [1.54, 1.807) is 6.08 Å². The largest absolute Gasteiger partial charge is 0.466 e. The number of ether oxygens (including phenoxy) is 1. The maximum atomic E-state index is 12.5. The number of carbonyl (C=O) groups excluding carboxylic acids is 2. The van der Waals surface area contributed by atoms with Gasteiger partial charge in [-0.1, -0.05) is 315 Å². The van der Waals surface area contributed by atoms with E-state index in [4.69, 9.17) is 4.74 Å². The fourth-order valence-electron chi connectivity index (χ4n) is 9.81. The number of esters is 1. The molecular weight excluding hydrogens is 839 g/mol. The quantitative estimate of drug-likeness (QED) is 0.0321. The van der Waals surface area contributed by atoms with Gasteiger partial charge < -0.3 is 20.3 Å². The van der Waals surface area contributed by atoms with Crippen LogP contribution in [-0.2, 0) is 14.3 Å². The summed E-state index contributed by atoms with van der Waals surface area (Å²) in [6.45, 7) is 4.90. The van der Waals surface area contributed by atoms with Crippen molar-refractivity contribution in [3.63, 3.8) is 0 Å². The molecule has 0 radical (unpaired) electrons. The predicted octanol–water partition coefficient (Wildman–Crippen LogP) is 19.2. The fourth-order valence-corrected chi connectivity index (χ4v) is 9.81. The first-order chi connectivity index (χ1) is 33.5. The van der Waals surface area contributed by atoms with Crippen molar-refractivity contribution in [2.45, 2.75) is 360 Å². The normalized spacial score (nSPS) is 12.6. The maximum absolute atomic E-state index is 12.5. The summed E-state index contributed by atoms with van der Waals surface area (Å²) in [6, 6.07) is -0.642. The lowest BCUT2D eigenvalue weighted by Crippen LogP contribution is -2.45. The van der Waals surface area contributed by atoms with E-state index in [1.807, 2.05) is 6.08 Å².